The van der Waals surface area contributed by atoms with Crippen LogP contribution in [0, 0.1) is 0 Å². The van der Waals surface area contributed by atoms with E-state index < -0.39 is 42.9 Å². The van der Waals surface area contributed by atoms with Crippen molar-refractivity contribution in [3.05, 3.63) is 12.7 Å². The van der Waals surface area contributed by atoms with Gasteiger partial charge in [0, 0.05) is 6.92 Å². The number of halogens is 5. The predicted molar refractivity (Wildman–Crippen MR) is 62.0 cm³/mol. The molecule has 0 bridgehead atoms. The molecule has 22 heavy (non-hydrogen) atoms. The largest absolute Gasteiger partial charge is 0.462 e. The molecule has 1 fully saturated rings. The molecule has 5 nitrogen and oxygen atoms in total. The number of hydrogen-bond acceptors (Lipinski definition) is 5. The summed E-state index contributed by atoms with van der Waals surface area (Å²) < 4.78 is 85.9. The number of ether oxygens (including phenoxy) is 4. The maximum atomic E-state index is 14.5. The summed E-state index contributed by atoms with van der Waals surface area (Å²) in [5, 5.41) is 0. The molecule has 1 heterocycles. The van der Waals surface area contributed by atoms with Crippen LogP contribution < -0.4 is 0 Å². The Kier molecular flexibility index (Phi) is 5.20. The molecule has 1 aliphatic rings. The van der Waals surface area contributed by atoms with Crippen molar-refractivity contribution in [1.82, 2.24) is 0 Å². The SMILES string of the molecule is C=CCOCC1(C)OCOC(OC(C)=O)(C(F)(F)F)C1(F)F. The van der Waals surface area contributed by atoms with Crippen molar-refractivity contribution >= 4 is 5.97 Å². The standard InChI is InChI=1S/C12H15F5O5/c1-4-5-19-6-9(3)10(13,14)11(12(15,16)17,21-7-20-9)22-8(2)18/h4H,1,5-7H2,2-3H3. The van der Waals surface area contributed by atoms with Gasteiger partial charge in [-0.25, -0.2) is 0 Å². The van der Waals surface area contributed by atoms with E-state index in [1.54, 1.807) is 0 Å². The summed E-state index contributed by atoms with van der Waals surface area (Å²) in [6.45, 7) is 2.33. The van der Waals surface area contributed by atoms with Crippen LogP contribution in [0.25, 0.3) is 0 Å². The van der Waals surface area contributed by atoms with E-state index in [4.69, 9.17) is 4.74 Å². The minimum atomic E-state index is -5.69. The normalized spacial score (nSPS) is 31.6. The molecule has 0 amide bonds. The third-order valence-corrected chi connectivity index (χ3v) is 2.99. The molecule has 0 radical (unpaired) electrons. The smallest absolute Gasteiger partial charge is 0.418 e. The van der Waals surface area contributed by atoms with Crippen LogP contribution >= 0.6 is 0 Å². The Bertz CT molecular complexity index is 438. The molecule has 1 aliphatic heterocycles. The molecule has 1 rings (SSSR count). The first-order valence-corrected chi connectivity index (χ1v) is 6.04. The first-order valence-electron chi connectivity index (χ1n) is 6.04. The van der Waals surface area contributed by atoms with E-state index >= 15 is 0 Å². The monoisotopic (exact) mass is 334 g/mol. The molecular weight excluding hydrogens is 319 g/mol. The Morgan fingerprint density at radius 2 is 1.95 bits per heavy atom. The number of carbonyl (C=O) groups is 1. The number of hydrogen-bond donors (Lipinski definition) is 0. The summed E-state index contributed by atoms with van der Waals surface area (Å²) in [7, 11) is 0. The van der Waals surface area contributed by atoms with Crippen LogP contribution in [-0.4, -0.2) is 49.5 Å². The average Bonchev–Trinajstić information content (AvgIpc) is 2.34. The van der Waals surface area contributed by atoms with E-state index in [1.165, 1.54) is 6.08 Å². The molecule has 1 saturated heterocycles. The van der Waals surface area contributed by atoms with Crippen LogP contribution in [0.2, 0.25) is 0 Å². The summed E-state index contributed by atoms with van der Waals surface area (Å²) in [4.78, 5) is 10.9. The lowest BCUT2D eigenvalue weighted by Crippen LogP contribution is -2.75. The minimum absolute atomic E-state index is 0.178. The van der Waals surface area contributed by atoms with E-state index in [0.717, 1.165) is 0 Å². The molecule has 0 spiro atoms. The van der Waals surface area contributed by atoms with Crippen molar-refractivity contribution in [3.8, 4) is 0 Å². The number of rotatable bonds is 5. The van der Waals surface area contributed by atoms with Gasteiger partial charge in [0.15, 0.2) is 12.4 Å². The van der Waals surface area contributed by atoms with Crippen molar-refractivity contribution in [1.29, 1.82) is 0 Å². The van der Waals surface area contributed by atoms with E-state index in [0.29, 0.717) is 13.8 Å². The summed E-state index contributed by atoms with van der Waals surface area (Å²) in [6, 6.07) is 0. The molecule has 0 aliphatic carbocycles. The zero-order valence-electron chi connectivity index (χ0n) is 11.8. The van der Waals surface area contributed by atoms with E-state index in [9.17, 15) is 26.7 Å². The highest BCUT2D eigenvalue weighted by Gasteiger charge is 2.82. The van der Waals surface area contributed by atoms with Crippen molar-refractivity contribution in [3.63, 3.8) is 0 Å². The first-order chi connectivity index (χ1) is 9.93. The second-order valence-corrected chi connectivity index (χ2v) is 4.72. The second-order valence-electron chi connectivity index (χ2n) is 4.72. The van der Waals surface area contributed by atoms with Gasteiger partial charge in [0.2, 0.25) is 0 Å². The van der Waals surface area contributed by atoms with Crippen LogP contribution in [0.3, 0.4) is 0 Å². The van der Waals surface area contributed by atoms with Gasteiger partial charge in [-0.15, -0.1) is 6.58 Å². The maximum Gasteiger partial charge on any atom is 0.462 e. The Labute approximate surface area is 123 Å². The summed E-state index contributed by atoms with van der Waals surface area (Å²) in [5.74, 6) is -10.8. The molecule has 10 heteroatoms. The van der Waals surface area contributed by atoms with Crippen molar-refractivity contribution in [2.45, 2.75) is 37.3 Å². The van der Waals surface area contributed by atoms with Gasteiger partial charge in [0.05, 0.1) is 13.2 Å². The summed E-state index contributed by atoms with van der Waals surface area (Å²) in [5.41, 5.74) is -2.72. The maximum absolute atomic E-state index is 14.5. The van der Waals surface area contributed by atoms with Crippen LogP contribution in [-0.2, 0) is 23.7 Å². The highest BCUT2D eigenvalue weighted by atomic mass is 19.4. The fourth-order valence-corrected chi connectivity index (χ4v) is 1.85. The van der Waals surface area contributed by atoms with E-state index in [-0.39, 0.29) is 6.61 Å². The molecule has 0 aromatic carbocycles. The number of esters is 1. The van der Waals surface area contributed by atoms with Gasteiger partial charge in [-0.05, 0) is 6.92 Å². The van der Waals surface area contributed by atoms with Crippen LogP contribution in [0.5, 0.6) is 0 Å². The summed E-state index contributed by atoms with van der Waals surface area (Å²) >= 11 is 0. The molecule has 0 aromatic heterocycles. The highest BCUT2D eigenvalue weighted by Crippen LogP contribution is 2.54. The molecule has 128 valence electrons. The fourth-order valence-electron chi connectivity index (χ4n) is 1.85. The summed E-state index contributed by atoms with van der Waals surface area (Å²) in [6.07, 6.45) is -4.46. The third kappa shape index (κ3) is 2.95. The number of carbonyl (C=O) groups excluding carboxylic acids is 1. The quantitative estimate of drug-likeness (QED) is 0.334. The highest BCUT2D eigenvalue weighted by molar-refractivity contribution is 5.66. The zero-order valence-corrected chi connectivity index (χ0v) is 11.8. The van der Waals surface area contributed by atoms with Crippen LogP contribution in [0.1, 0.15) is 13.8 Å². The molecule has 0 aromatic rings. The third-order valence-electron chi connectivity index (χ3n) is 2.99. The predicted octanol–water partition coefficient (Wildman–Crippen LogP) is 2.41. The lowest BCUT2D eigenvalue weighted by molar-refractivity contribution is -0.500. The Morgan fingerprint density at radius 1 is 1.36 bits per heavy atom. The van der Waals surface area contributed by atoms with Gasteiger partial charge in [0.25, 0.3) is 0 Å². The van der Waals surface area contributed by atoms with Crippen molar-refractivity contribution in [2.75, 3.05) is 20.0 Å². The van der Waals surface area contributed by atoms with E-state index in [2.05, 4.69) is 20.8 Å². The van der Waals surface area contributed by atoms with Crippen molar-refractivity contribution < 1.29 is 45.7 Å². The molecule has 0 N–H and O–H groups in total. The van der Waals surface area contributed by atoms with Crippen molar-refractivity contribution in [2.24, 2.45) is 0 Å². The molecule has 2 atom stereocenters. The van der Waals surface area contributed by atoms with Gasteiger partial charge in [0.1, 0.15) is 0 Å². The average molecular weight is 334 g/mol. The van der Waals surface area contributed by atoms with E-state index in [1.807, 2.05) is 0 Å². The fraction of sp³-hybridized carbons (Fsp3) is 0.750. The second kappa shape index (κ2) is 6.09. The lowest BCUT2D eigenvalue weighted by Gasteiger charge is -2.50. The van der Waals surface area contributed by atoms with Crippen LogP contribution in [0.4, 0.5) is 22.0 Å². The molecule has 2 unspecified atom stereocenters. The lowest BCUT2D eigenvalue weighted by atomic mass is 9.89. The van der Waals surface area contributed by atoms with Crippen LogP contribution in [0.15, 0.2) is 12.7 Å². The first kappa shape index (κ1) is 18.8. The Morgan fingerprint density at radius 3 is 2.41 bits per heavy atom. The number of alkyl halides is 5. The van der Waals surface area contributed by atoms with Gasteiger partial charge in [-0.1, -0.05) is 6.08 Å². The molecular formula is C12H15F5O5. The van der Waals surface area contributed by atoms with Gasteiger partial charge >= 0.3 is 23.9 Å². The van der Waals surface area contributed by atoms with Gasteiger partial charge in [-0.3, -0.25) is 4.79 Å². The topological polar surface area (TPSA) is 54.0 Å². The molecule has 0 saturated carbocycles. The minimum Gasteiger partial charge on any atom is -0.418 e. The van der Waals surface area contributed by atoms with Gasteiger partial charge in [-0.2, -0.15) is 22.0 Å². The Hall–Kier alpha value is -1.26. The zero-order chi connectivity index (χ0) is 17.2. The van der Waals surface area contributed by atoms with Gasteiger partial charge < -0.3 is 18.9 Å². The Balaban J connectivity index is 3.27.